The quantitative estimate of drug-likeness (QED) is 0.546. The molecule has 0 aliphatic heterocycles. The standard InChI is InChI=1S/C22H24O4/c1-16(2)11-12-26-20-14-18(13-19(15-20)24-3)6-5-17-7-9-21(23)22(25-4)10-8-17/h5-6,8-11,13-15,23H,12H2,1-4H3. The summed E-state index contributed by atoms with van der Waals surface area (Å²) in [5.41, 5.74) is 5.97. The second kappa shape index (κ2) is 9.40. The molecule has 1 aliphatic carbocycles. The van der Waals surface area contributed by atoms with Gasteiger partial charge in [0.2, 0.25) is 0 Å². The summed E-state index contributed by atoms with van der Waals surface area (Å²) in [4.78, 5) is 0. The van der Waals surface area contributed by atoms with Gasteiger partial charge in [0.25, 0.3) is 0 Å². The Labute approximate surface area is 154 Å². The zero-order chi connectivity index (χ0) is 18.9. The summed E-state index contributed by atoms with van der Waals surface area (Å²) in [7, 11) is 3.14. The minimum Gasteiger partial charge on any atom is -0.504 e. The number of aliphatic hydroxyl groups excluding tert-OH is 1. The van der Waals surface area contributed by atoms with E-state index in [1.807, 2.05) is 56.4 Å². The van der Waals surface area contributed by atoms with Gasteiger partial charge in [-0.25, -0.2) is 0 Å². The van der Waals surface area contributed by atoms with Crippen molar-refractivity contribution in [3.05, 3.63) is 82.5 Å². The molecule has 0 saturated heterocycles. The molecule has 0 heterocycles. The average Bonchev–Trinajstić information content (AvgIpc) is 2.80. The molecule has 4 nitrogen and oxygen atoms in total. The highest BCUT2D eigenvalue weighted by Crippen LogP contribution is 2.24. The van der Waals surface area contributed by atoms with Crippen molar-refractivity contribution in [2.45, 2.75) is 13.8 Å². The first-order valence-corrected chi connectivity index (χ1v) is 8.27. The van der Waals surface area contributed by atoms with E-state index in [2.05, 4.69) is 5.73 Å². The minimum atomic E-state index is 0.0449. The Bertz CT molecular complexity index is 828. The zero-order valence-electron chi connectivity index (χ0n) is 15.6. The van der Waals surface area contributed by atoms with Crippen LogP contribution in [0.1, 0.15) is 19.4 Å². The fraction of sp³-hybridized carbons (Fsp3) is 0.227. The number of hydrogen-bond donors (Lipinski definition) is 1. The van der Waals surface area contributed by atoms with Gasteiger partial charge in [-0.3, -0.25) is 0 Å². The van der Waals surface area contributed by atoms with E-state index < -0.39 is 0 Å². The number of ether oxygens (including phenoxy) is 3. The van der Waals surface area contributed by atoms with E-state index in [0.29, 0.717) is 12.4 Å². The third-order valence-electron chi connectivity index (χ3n) is 3.60. The molecule has 0 atom stereocenters. The molecule has 2 rings (SSSR count). The van der Waals surface area contributed by atoms with Crippen LogP contribution in [0.25, 0.3) is 6.08 Å². The Morgan fingerprint density at radius 1 is 1.04 bits per heavy atom. The summed E-state index contributed by atoms with van der Waals surface area (Å²) in [6.45, 7) is 4.58. The van der Waals surface area contributed by atoms with Crippen molar-refractivity contribution >= 4 is 6.08 Å². The molecule has 0 spiro atoms. The van der Waals surface area contributed by atoms with Gasteiger partial charge in [-0.05, 0) is 55.8 Å². The van der Waals surface area contributed by atoms with Gasteiger partial charge in [0.15, 0.2) is 11.5 Å². The van der Waals surface area contributed by atoms with Crippen molar-refractivity contribution in [2.24, 2.45) is 0 Å². The fourth-order valence-electron chi connectivity index (χ4n) is 2.18. The maximum atomic E-state index is 9.79. The lowest BCUT2D eigenvalue weighted by Gasteiger charge is -2.08. The van der Waals surface area contributed by atoms with E-state index in [9.17, 15) is 5.11 Å². The molecule has 0 radical (unpaired) electrons. The molecule has 1 aromatic rings. The Morgan fingerprint density at radius 2 is 1.81 bits per heavy atom. The maximum Gasteiger partial charge on any atom is 0.165 e. The molecule has 1 N–H and O–H groups in total. The molecule has 0 fully saturated rings. The fourth-order valence-corrected chi connectivity index (χ4v) is 2.18. The lowest BCUT2D eigenvalue weighted by atomic mass is 10.1. The first-order chi connectivity index (χ1) is 12.5. The van der Waals surface area contributed by atoms with Gasteiger partial charge in [-0.1, -0.05) is 11.6 Å². The zero-order valence-corrected chi connectivity index (χ0v) is 15.6. The van der Waals surface area contributed by atoms with Crippen LogP contribution in [0.2, 0.25) is 0 Å². The summed E-state index contributed by atoms with van der Waals surface area (Å²) >= 11 is 0. The number of hydrogen-bond acceptors (Lipinski definition) is 4. The van der Waals surface area contributed by atoms with Crippen molar-refractivity contribution in [1.82, 2.24) is 0 Å². The second-order valence-electron chi connectivity index (χ2n) is 5.90. The minimum absolute atomic E-state index is 0.0449. The number of allylic oxidation sites excluding steroid dienone is 5. The largest absolute Gasteiger partial charge is 0.504 e. The summed E-state index contributed by atoms with van der Waals surface area (Å²) in [6, 6.07) is 5.72. The topological polar surface area (TPSA) is 47.9 Å². The summed E-state index contributed by atoms with van der Waals surface area (Å²) in [6.07, 6.45) is 10.9. The lowest BCUT2D eigenvalue weighted by Crippen LogP contribution is -1.95. The van der Waals surface area contributed by atoms with E-state index in [1.165, 1.54) is 18.8 Å². The van der Waals surface area contributed by atoms with Gasteiger partial charge in [-0.15, -0.1) is 5.73 Å². The molecular formula is C22H24O4. The predicted molar refractivity (Wildman–Crippen MR) is 104 cm³/mol. The summed E-state index contributed by atoms with van der Waals surface area (Å²) in [5, 5.41) is 9.79. The average molecular weight is 352 g/mol. The molecule has 0 bridgehead atoms. The Morgan fingerprint density at radius 3 is 2.50 bits per heavy atom. The van der Waals surface area contributed by atoms with Crippen LogP contribution >= 0.6 is 0 Å². The highest BCUT2D eigenvalue weighted by molar-refractivity contribution is 5.59. The van der Waals surface area contributed by atoms with Crippen molar-refractivity contribution in [1.29, 1.82) is 0 Å². The SMILES string of the molecule is COC1=C(O)C=C=C(C=Cc2cc(OC)cc(OCC=C(C)C)c2)C=C1. The molecule has 0 unspecified atom stereocenters. The molecule has 4 heteroatoms. The van der Waals surface area contributed by atoms with Crippen LogP contribution in [0, 0.1) is 0 Å². The Balaban J connectivity index is 2.19. The van der Waals surface area contributed by atoms with Crippen molar-refractivity contribution in [3.8, 4) is 11.5 Å². The van der Waals surface area contributed by atoms with E-state index in [1.54, 1.807) is 13.2 Å². The third kappa shape index (κ3) is 5.76. The van der Waals surface area contributed by atoms with E-state index in [4.69, 9.17) is 14.2 Å². The number of rotatable bonds is 7. The van der Waals surface area contributed by atoms with Crippen LogP contribution in [-0.2, 0) is 4.74 Å². The molecule has 136 valence electrons. The third-order valence-corrected chi connectivity index (χ3v) is 3.60. The summed E-state index contributed by atoms with van der Waals surface area (Å²) in [5.74, 6) is 1.91. The van der Waals surface area contributed by atoms with Gasteiger partial charge in [0, 0.05) is 17.7 Å². The molecule has 0 amide bonds. The number of methoxy groups -OCH3 is 2. The van der Waals surface area contributed by atoms with Crippen LogP contribution in [0.15, 0.2) is 77.0 Å². The van der Waals surface area contributed by atoms with Gasteiger partial charge >= 0.3 is 0 Å². The highest BCUT2D eigenvalue weighted by atomic mass is 16.5. The second-order valence-corrected chi connectivity index (χ2v) is 5.90. The van der Waals surface area contributed by atoms with Crippen LogP contribution in [0.3, 0.4) is 0 Å². The van der Waals surface area contributed by atoms with Crippen LogP contribution < -0.4 is 9.47 Å². The molecule has 0 saturated carbocycles. The predicted octanol–water partition coefficient (Wildman–Crippen LogP) is 5.12. The molecular weight excluding hydrogens is 328 g/mol. The van der Waals surface area contributed by atoms with Gasteiger partial charge in [0.1, 0.15) is 18.1 Å². The molecule has 0 aromatic heterocycles. The molecule has 26 heavy (non-hydrogen) atoms. The Kier molecular flexibility index (Phi) is 6.95. The number of benzene rings is 1. The van der Waals surface area contributed by atoms with Gasteiger partial charge in [0.05, 0.1) is 14.2 Å². The normalized spacial score (nSPS) is 13.5. The van der Waals surface area contributed by atoms with Crippen LogP contribution in [0.5, 0.6) is 11.5 Å². The molecule has 1 aliphatic rings. The van der Waals surface area contributed by atoms with Gasteiger partial charge in [-0.2, -0.15) is 0 Å². The van der Waals surface area contributed by atoms with Crippen LogP contribution in [0.4, 0.5) is 0 Å². The van der Waals surface area contributed by atoms with Crippen LogP contribution in [-0.4, -0.2) is 25.9 Å². The summed E-state index contributed by atoms with van der Waals surface area (Å²) < 4.78 is 16.2. The highest BCUT2D eigenvalue weighted by Gasteiger charge is 2.03. The Hall–Kier alpha value is -3.10. The maximum absolute atomic E-state index is 9.79. The first-order valence-electron chi connectivity index (χ1n) is 8.27. The first kappa shape index (κ1) is 19.2. The van der Waals surface area contributed by atoms with Crippen molar-refractivity contribution in [2.75, 3.05) is 20.8 Å². The number of aliphatic hydroxyl groups is 1. The van der Waals surface area contributed by atoms with E-state index in [-0.39, 0.29) is 5.76 Å². The van der Waals surface area contributed by atoms with E-state index >= 15 is 0 Å². The van der Waals surface area contributed by atoms with Gasteiger partial charge < -0.3 is 19.3 Å². The van der Waals surface area contributed by atoms with E-state index in [0.717, 1.165) is 22.6 Å². The monoisotopic (exact) mass is 352 g/mol. The smallest absolute Gasteiger partial charge is 0.165 e. The molecule has 1 aromatic carbocycles. The van der Waals surface area contributed by atoms with Crippen molar-refractivity contribution in [3.63, 3.8) is 0 Å². The lowest BCUT2D eigenvalue weighted by molar-refractivity contribution is 0.275. The van der Waals surface area contributed by atoms with Crippen molar-refractivity contribution < 1.29 is 19.3 Å².